The van der Waals surface area contributed by atoms with Crippen LogP contribution in [0.1, 0.15) is 37.3 Å². The van der Waals surface area contributed by atoms with Gasteiger partial charge in [-0.15, -0.1) is 23.5 Å². The van der Waals surface area contributed by atoms with Crippen LogP contribution in [0.2, 0.25) is 0 Å². The number of nitrogens with one attached hydrogen (secondary N) is 1. The maximum Gasteiger partial charge on any atom is 0.101 e. The van der Waals surface area contributed by atoms with Crippen LogP contribution in [-0.4, -0.2) is 58.3 Å². The van der Waals surface area contributed by atoms with E-state index in [1.165, 1.54) is 52.8 Å². The maximum absolute atomic E-state index is 5.50. The van der Waals surface area contributed by atoms with E-state index in [2.05, 4.69) is 68.8 Å². The number of anilines is 1. The van der Waals surface area contributed by atoms with Crippen molar-refractivity contribution in [2.24, 2.45) is 0 Å². The van der Waals surface area contributed by atoms with E-state index >= 15 is 0 Å². The smallest absolute Gasteiger partial charge is 0.101 e. The van der Waals surface area contributed by atoms with Gasteiger partial charge in [-0.2, -0.15) is 0 Å². The first kappa shape index (κ1) is 31.4. The Hall–Kier alpha value is -2.12. The summed E-state index contributed by atoms with van der Waals surface area (Å²) in [6, 6.07) is 12.4. The Morgan fingerprint density at radius 1 is 0.692 bits per heavy atom. The molecule has 0 saturated carbocycles. The van der Waals surface area contributed by atoms with Crippen molar-refractivity contribution in [2.75, 3.05) is 43.7 Å². The Kier molecular flexibility index (Phi) is 12.1. The third-order valence-corrected chi connectivity index (χ3v) is 10.9. The van der Waals surface area contributed by atoms with Crippen LogP contribution in [0, 0.1) is 48.5 Å². The van der Waals surface area contributed by atoms with Crippen LogP contribution in [0.25, 0.3) is 0 Å². The average molecular weight is 634 g/mol. The number of fused-ring (bicyclic) bond motifs is 2. The van der Waals surface area contributed by atoms with E-state index < -0.39 is 0 Å². The number of aromatic nitrogens is 1. The summed E-state index contributed by atoms with van der Waals surface area (Å²) in [5.74, 6) is 6.53. The summed E-state index contributed by atoms with van der Waals surface area (Å²) in [7, 11) is 4.09. The van der Waals surface area contributed by atoms with Gasteiger partial charge in [-0.25, -0.2) is 0 Å². The van der Waals surface area contributed by atoms with Crippen molar-refractivity contribution in [1.82, 2.24) is 4.98 Å². The molecule has 4 aromatic rings. The van der Waals surface area contributed by atoms with Gasteiger partial charge in [0.25, 0.3) is 0 Å². The molecule has 2 aliphatic heterocycles. The Balaban J connectivity index is 0.000000146. The second kappa shape index (κ2) is 15.0. The Labute approximate surface area is 248 Å². The molecule has 0 unspecified atom stereocenters. The van der Waals surface area contributed by atoms with Crippen LogP contribution >= 0.6 is 23.5 Å². The van der Waals surface area contributed by atoms with Crippen molar-refractivity contribution in [2.45, 2.75) is 58.3 Å². The first-order chi connectivity index (χ1) is 18.6. The van der Waals surface area contributed by atoms with E-state index in [0.717, 1.165) is 23.0 Å². The van der Waals surface area contributed by atoms with E-state index in [0.29, 0.717) is 27.7 Å². The van der Waals surface area contributed by atoms with Gasteiger partial charge in [0, 0.05) is 52.5 Å². The van der Waals surface area contributed by atoms with Crippen molar-refractivity contribution >= 4 is 43.7 Å². The molecule has 0 atom stereocenters. The van der Waals surface area contributed by atoms with Gasteiger partial charge in [-0.05, 0) is 58.9 Å². The summed E-state index contributed by atoms with van der Waals surface area (Å²) >= 11 is 4.45. The Morgan fingerprint density at radius 2 is 1.15 bits per heavy atom. The zero-order valence-corrected chi connectivity index (χ0v) is 28.0. The van der Waals surface area contributed by atoms with E-state index in [-0.39, 0.29) is 0 Å². The summed E-state index contributed by atoms with van der Waals surface area (Å²) < 4.78 is 18.8. The number of hydrogen-bond acceptors (Lipinski definition) is 6. The fourth-order valence-corrected chi connectivity index (χ4v) is 8.55. The predicted molar refractivity (Wildman–Crippen MR) is 169 cm³/mol. The molecule has 0 saturated heterocycles. The van der Waals surface area contributed by atoms with E-state index in [1.807, 2.05) is 63.6 Å². The van der Waals surface area contributed by atoms with Gasteiger partial charge in [0.2, 0.25) is 0 Å². The van der Waals surface area contributed by atoms with E-state index in [1.54, 1.807) is 0 Å². The molecule has 1 N–H and O–H groups in total. The Morgan fingerprint density at radius 3 is 1.54 bits per heavy atom. The third-order valence-electron chi connectivity index (χ3n) is 5.99. The predicted octanol–water partition coefficient (Wildman–Crippen LogP) is 7.92. The fourth-order valence-electron chi connectivity index (χ4n) is 4.03. The number of furan rings is 1. The molecule has 3 aromatic heterocycles. The number of benzene rings is 1. The average Bonchev–Trinajstić information content (AvgIpc) is 3.55. The van der Waals surface area contributed by atoms with Crippen LogP contribution in [0.3, 0.4) is 0 Å². The third kappa shape index (κ3) is 9.21. The molecule has 39 heavy (non-hydrogen) atoms. The van der Waals surface area contributed by atoms with Crippen molar-refractivity contribution in [3.63, 3.8) is 0 Å². The minimum absolute atomic E-state index is 0.481. The number of nitrogens with zero attached hydrogens (tertiary/aromatic N) is 1. The molecular formula is C31H42N2O3S2Se. The molecule has 2 aliphatic rings. The quantitative estimate of drug-likeness (QED) is 0.215. The summed E-state index contributed by atoms with van der Waals surface area (Å²) in [5, 5.41) is 0. The molecular weight excluding hydrogens is 591 g/mol. The van der Waals surface area contributed by atoms with Gasteiger partial charge in [0.15, 0.2) is 0 Å². The van der Waals surface area contributed by atoms with Crippen LogP contribution in [0.4, 0.5) is 5.69 Å². The molecule has 6 rings (SSSR count). The molecule has 0 bridgehead atoms. The van der Waals surface area contributed by atoms with Crippen LogP contribution in [0.5, 0.6) is 11.5 Å². The SMILES string of the molecule is Cc1[nH]c(C)c2c1SCCS2.Cc1[se]c(C)c2c1OCCO2.Cc1ccc(C)o1.Cc1ccc(N(C)C)cc1. The summed E-state index contributed by atoms with van der Waals surface area (Å²) in [5.41, 5.74) is 5.25. The fraction of sp³-hybridized carbons (Fsp3) is 0.419. The van der Waals surface area contributed by atoms with Crippen molar-refractivity contribution < 1.29 is 13.9 Å². The molecule has 8 heteroatoms. The molecule has 5 heterocycles. The number of H-pyrrole nitrogens is 1. The number of rotatable bonds is 1. The number of aromatic amines is 1. The standard InChI is InChI=1S/C9H13N.C8H11NS2.C8H10O2Se.C6H8O/c1-8-4-6-9(7-5-8)10(2)3;1-5-7-8(6(2)9-5)11-4-3-10-7;1-5-7-8(6(2)11-5)10-4-3-9-7;1-5-3-4-6(2)7-5/h4-7H,1-3H3;9H,3-4H2,1-2H3;3-4H2,1-2H3;3-4H,1-2H3. The number of ether oxygens (including phenoxy) is 2. The van der Waals surface area contributed by atoms with Crippen LogP contribution in [0.15, 0.2) is 50.6 Å². The van der Waals surface area contributed by atoms with Crippen molar-refractivity contribution in [3.05, 3.63) is 73.7 Å². The molecule has 1 aromatic carbocycles. The maximum atomic E-state index is 5.50. The first-order valence-electron chi connectivity index (χ1n) is 13.1. The van der Waals surface area contributed by atoms with Crippen LogP contribution < -0.4 is 14.4 Å². The summed E-state index contributed by atoms with van der Waals surface area (Å²) in [6.45, 7) is 16.0. The molecule has 0 radical (unpaired) electrons. The Bertz CT molecular complexity index is 1190. The topological polar surface area (TPSA) is 50.6 Å². The number of hydrogen-bond donors (Lipinski definition) is 1. The second-order valence-electron chi connectivity index (χ2n) is 9.69. The molecule has 0 fully saturated rings. The summed E-state index contributed by atoms with van der Waals surface area (Å²) in [4.78, 5) is 8.44. The van der Waals surface area contributed by atoms with Crippen LogP contribution in [-0.2, 0) is 0 Å². The van der Waals surface area contributed by atoms with Gasteiger partial charge in [0.1, 0.15) is 11.5 Å². The number of aryl methyl sites for hydroxylation is 7. The van der Waals surface area contributed by atoms with Gasteiger partial charge < -0.3 is 14.3 Å². The minimum Gasteiger partial charge on any atom is -0.467 e. The van der Waals surface area contributed by atoms with Gasteiger partial charge in [-0.1, -0.05) is 17.7 Å². The molecule has 0 amide bonds. The summed E-state index contributed by atoms with van der Waals surface area (Å²) in [6.07, 6.45) is 0. The normalized spacial score (nSPS) is 13.1. The molecule has 0 aliphatic carbocycles. The van der Waals surface area contributed by atoms with Gasteiger partial charge >= 0.3 is 71.4 Å². The van der Waals surface area contributed by atoms with E-state index in [9.17, 15) is 0 Å². The zero-order chi connectivity index (χ0) is 28.5. The minimum atomic E-state index is 0.481. The molecule has 0 spiro atoms. The van der Waals surface area contributed by atoms with Gasteiger partial charge in [-0.3, -0.25) is 0 Å². The molecule has 212 valence electrons. The second-order valence-corrected chi connectivity index (χ2v) is 14.9. The van der Waals surface area contributed by atoms with Crippen molar-refractivity contribution in [3.8, 4) is 11.5 Å². The number of thioether (sulfide) groups is 2. The first-order valence-corrected chi connectivity index (χ1v) is 16.8. The monoisotopic (exact) mass is 634 g/mol. The molecule has 5 nitrogen and oxygen atoms in total. The van der Waals surface area contributed by atoms with Crippen molar-refractivity contribution in [1.29, 1.82) is 0 Å². The van der Waals surface area contributed by atoms with Gasteiger partial charge in [0.05, 0.1) is 0 Å². The zero-order valence-electron chi connectivity index (χ0n) is 24.7. The van der Waals surface area contributed by atoms with E-state index in [4.69, 9.17) is 13.9 Å². The largest absolute Gasteiger partial charge is 0.467 e.